The second-order valence-electron chi connectivity index (χ2n) is 14.5. The molecule has 0 spiro atoms. The molecule has 3 aliphatic rings. The summed E-state index contributed by atoms with van der Waals surface area (Å²) in [5.74, 6) is 2.03. The molecule has 0 aliphatic carbocycles. The number of aromatic amines is 1. The molecule has 11 heteroatoms. The van der Waals surface area contributed by atoms with E-state index in [0.29, 0.717) is 48.7 Å². The topological polar surface area (TPSA) is 145 Å². The van der Waals surface area contributed by atoms with Gasteiger partial charge in [0.1, 0.15) is 30.0 Å². The molecule has 5 N–H and O–H groups in total. The van der Waals surface area contributed by atoms with E-state index >= 15 is 0 Å². The number of phenols is 1. The van der Waals surface area contributed by atoms with E-state index < -0.39 is 6.10 Å². The van der Waals surface area contributed by atoms with Gasteiger partial charge in [-0.3, -0.25) is 9.69 Å². The molecule has 4 aromatic carbocycles. The first-order chi connectivity index (χ1) is 26.9. The van der Waals surface area contributed by atoms with E-state index in [1.165, 1.54) is 12.1 Å². The van der Waals surface area contributed by atoms with Crippen molar-refractivity contribution in [2.24, 2.45) is 5.92 Å². The molecular formula is C44H50N4O7. The van der Waals surface area contributed by atoms with Crippen LogP contribution in [0.5, 0.6) is 17.2 Å². The quantitative estimate of drug-likeness (QED) is 0.0659. The number of amides is 1. The Morgan fingerprint density at radius 3 is 2.44 bits per heavy atom. The van der Waals surface area contributed by atoms with Gasteiger partial charge in [0.15, 0.2) is 0 Å². The Hall–Kier alpha value is -5.36. The maximum absolute atomic E-state index is 12.6. The number of phenolic OH excluding ortho intramolecular Hbond substituents is 1. The van der Waals surface area contributed by atoms with Gasteiger partial charge < -0.3 is 40.0 Å². The average Bonchev–Trinajstić information content (AvgIpc) is 3.21. The van der Waals surface area contributed by atoms with E-state index in [0.717, 1.165) is 92.0 Å². The molecule has 4 heterocycles. The van der Waals surface area contributed by atoms with E-state index in [2.05, 4.69) is 38.7 Å². The number of pyridine rings is 1. The number of aliphatic hydroxyl groups excluding tert-OH is 1. The first kappa shape index (κ1) is 37.9. The van der Waals surface area contributed by atoms with Gasteiger partial charge in [-0.1, -0.05) is 48.5 Å². The number of nitrogens with zero attached hydrogens (tertiary/aromatic N) is 1. The number of rotatable bonds is 17. The fourth-order valence-corrected chi connectivity index (χ4v) is 7.53. The molecule has 1 aromatic heterocycles. The standard InChI is InChI=1S/C44H50N4O7/c49-39-15-13-37(38-14-16-42(51)47-43(38)39)40(50)27-45-19-2-1-3-22-53-35-11-5-8-31(24-35)29-54-36-12-6-10-34(25-36)33-9-4-7-30(23-33)26-46-44(52)55-41-28-48-20-17-32(41)18-21-48/h4-16,23-25,32,40-41,45,49-50H,1-3,17-22,26-29H2,(H,46,52)(H,47,51)/t40?,41-/m0/s1. The van der Waals surface area contributed by atoms with Gasteiger partial charge in [0.2, 0.25) is 5.56 Å². The SMILES string of the molecule is O=C(NCc1cccc(-c2cccc(OCc3cccc(OCCCCCNCC(O)c4ccc(O)c5[nH]c(=O)ccc45)c3)c2)c1)O[C@H]1CN2CCC1CC2. The third-order valence-corrected chi connectivity index (χ3v) is 10.6. The Morgan fingerprint density at radius 2 is 1.62 bits per heavy atom. The third-order valence-electron chi connectivity index (χ3n) is 10.6. The second-order valence-corrected chi connectivity index (χ2v) is 14.5. The summed E-state index contributed by atoms with van der Waals surface area (Å²) in [4.78, 5) is 29.3. The number of H-pyrrole nitrogens is 1. The number of aromatic nitrogens is 1. The highest BCUT2D eigenvalue weighted by Crippen LogP contribution is 2.31. The van der Waals surface area contributed by atoms with Crippen molar-refractivity contribution >= 4 is 17.0 Å². The molecule has 55 heavy (non-hydrogen) atoms. The zero-order chi connectivity index (χ0) is 38.0. The predicted octanol–water partition coefficient (Wildman–Crippen LogP) is 6.67. The fourth-order valence-electron chi connectivity index (χ4n) is 7.53. The molecule has 5 aromatic rings. The summed E-state index contributed by atoms with van der Waals surface area (Å²) in [7, 11) is 0. The minimum Gasteiger partial charge on any atom is -0.506 e. The fraction of sp³-hybridized carbons (Fsp3) is 0.364. The molecule has 8 rings (SSSR count). The summed E-state index contributed by atoms with van der Waals surface area (Å²) in [5.41, 5.74) is 4.76. The number of aromatic hydroxyl groups is 1. The molecule has 288 valence electrons. The van der Waals surface area contributed by atoms with Crippen molar-refractivity contribution in [3.8, 4) is 28.4 Å². The Kier molecular flexibility index (Phi) is 12.6. The van der Waals surface area contributed by atoms with E-state index in [1.54, 1.807) is 12.1 Å². The lowest BCUT2D eigenvalue weighted by Crippen LogP contribution is -2.52. The molecule has 0 radical (unpaired) electrons. The number of benzene rings is 4. The first-order valence-electron chi connectivity index (χ1n) is 19.3. The molecule has 3 aliphatic heterocycles. The summed E-state index contributed by atoms with van der Waals surface area (Å²) >= 11 is 0. The van der Waals surface area contributed by atoms with Crippen LogP contribution in [0.1, 0.15) is 54.9 Å². The molecule has 1 unspecified atom stereocenters. The predicted molar refractivity (Wildman–Crippen MR) is 212 cm³/mol. The highest BCUT2D eigenvalue weighted by molar-refractivity contribution is 5.87. The number of carbonyl (C=O) groups is 1. The lowest BCUT2D eigenvalue weighted by atomic mass is 9.86. The lowest BCUT2D eigenvalue weighted by molar-refractivity contribution is -0.0332. The summed E-state index contributed by atoms with van der Waals surface area (Å²) in [6.45, 7) is 5.58. The molecule has 11 nitrogen and oxygen atoms in total. The number of nitrogens with one attached hydrogen (secondary N) is 3. The van der Waals surface area contributed by atoms with Crippen LogP contribution in [-0.4, -0.2) is 71.6 Å². The molecule has 2 atom stereocenters. The van der Waals surface area contributed by atoms with Gasteiger partial charge in [-0.25, -0.2) is 4.79 Å². The van der Waals surface area contributed by atoms with Gasteiger partial charge in [0.25, 0.3) is 0 Å². The smallest absolute Gasteiger partial charge is 0.407 e. The summed E-state index contributed by atoms with van der Waals surface area (Å²) in [6, 6.07) is 30.3. The largest absolute Gasteiger partial charge is 0.506 e. The highest BCUT2D eigenvalue weighted by atomic mass is 16.6. The van der Waals surface area contributed by atoms with Crippen molar-refractivity contribution in [3.63, 3.8) is 0 Å². The van der Waals surface area contributed by atoms with Crippen LogP contribution in [0, 0.1) is 5.92 Å². The van der Waals surface area contributed by atoms with Crippen molar-refractivity contribution in [3.05, 3.63) is 124 Å². The Bertz CT molecular complexity index is 2110. The second kappa shape index (κ2) is 18.3. The monoisotopic (exact) mass is 746 g/mol. The van der Waals surface area contributed by atoms with Gasteiger partial charge >= 0.3 is 6.09 Å². The number of alkyl carbamates (subject to hydrolysis) is 1. The van der Waals surface area contributed by atoms with Gasteiger partial charge in [0, 0.05) is 31.1 Å². The number of hydrogen-bond acceptors (Lipinski definition) is 9. The molecule has 3 saturated heterocycles. The average molecular weight is 747 g/mol. The van der Waals surface area contributed by atoms with Crippen molar-refractivity contribution in [1.29, 1.82) is 0 Å². The summed E-state index contributed by atoms with van der Waals surface area (Å²) in [5, 5.41) is 27.7. The number of ether oxygens (including phenoxy) is 3. The van der Waals surface area contributed by atoms with Crippen molar-refractivity contribution in [2.45, 2.75) is 57.5 Å². The molecule has 3 fully saturated rings. The Morgan fingerprint density at radius 1 is 0.855 bits per heavy atom. The van der Waals surface area contributed by atoms with E-state index in [9.17, 15) is 19.8 Å². The minimum atomic E-state index is -0.776. The van der Waals surface area contributed by atoms with Crippen LogP contribution in [0.15, 0.2) is 102 Å². The lowest BCUT2D eigenvalue weighted by Gasteiger charge is -2.43. The zero-order valence-corrected chi connectivity index (χ0v) is 31.0. The van der Waals surface area contributed by atoms with Gasteiger partial charge in [-0.15, -0.1) is 0 Å². The van der Waals surface area contributed by atoms with Gasteiger partial charge in [0.05, 0.1) is 18.2 Å². The highest BCUT2D eigenvalue weighted by Gasteiger charge is 2.36. The summed E-state index contributed by atoms with van der Waals surface area (Å²) < 4.78 is 18.0. The number of aliphatic hydroxyl groups is 1. The third kappa shape index (κ3) is 10.2. The number of hydrogen-bond donors (Lipinski definition) is 5. The summed E-state index contributed by atoms with van der Waals surface area (Å²) in [6.07, 6.45) is 3.88. The van der Waals surface area contributed by atoms with Crippen LogP contribution in [0.4, 0.5) is 4.79 Å². The van der Waals surface area contributed by atoms with Crippen LogP contribution in [0.25, 0.3) is 22.0 Å². The Labute approximate surface area is 321 Å². The zero-order valence-electron chi connectivity index (χ0n) is 31.0. The molecular weight excluding hydrogens is 697 g/mol. The van der Waals surface area contributed by atoms with Crippen molar-refractivity contribution in [2.75, 3.05) is 39.3 Å². The van der Waals surface area contributed by atoms with Gasteiger partial charge in [-0.05, 0) is 128 Å². The normalized spacial score (nSPS) is 18.2. The minimum absolute atomic E-state index is 0.0103. The van der Waals surface area contributed by atoms with E-state index in [1.807, 2.05) is 54.6 Å². The van der Waals surface area contributed by atoms with Crippen molar-refractivity contribution < 1.29 is 29.2 Å². The van der Waals surface area contributed by atoms with Gasteiger partial charge in [-0.2, -0.15) is 0 Å². The van der Waals surface area contributed by atoms with Crippen LogP contribution in [0.2, 0.25) is 0 Å². The van der Waals surface area contributed by atoms with Crippen molar-refractivity contribution in [1.82, 2.24) is 20.5 Å². The number of unbranched alkanes of at least 4 members (excludes halogenated alkanes) is 2. The number of carbonyl (C=O) groups excluding carboxylic acids is 1. The number of piperidine rings is 3. The van der Waals surface area contributed by atoms with E-state index in [-0.39, 0.29) is 23.5 Å². The molecule has 0 saturated carbocycles. The Balaban J connectivity index is 0.804. The molecule has 2 bridgehead atoms. The molecule has 1 amide bonds. The van der Waals surface area contributed by atoms with Crippen LogP contribution < -0.4 is 25.7 Å². The van der Waals surface area contributed by atoms with E-state index in [4.69, 9.17) is 14.2 Å². The maximum atomic E-state index is 12.6. The van der Waals surface area contributed by atoms with Crippen LogP contribution >= 0.6 is 0 Å². The number of fused-ring (bicyclic) bond motifs is 4. The van der Waals surface area contributed by atoms with Crippen LogP contribution in [-0.2, 0) is 17.9 Å². The maximum Gasteiger partial charge on any atom is 0.407 e. The first-order valence-corrected chi connectivity index (χ1v) is 19.3. The van der Waals surface area contributed by atoms with Crippen LogP contribution in [0.3, 0.4) is 0 Å².